The second-order valence-corrected chi connectivity index (χ2v) is 4.78. The Hall–Kier alpha value is -1.82. The Morgan fingerprint density at radius 2 is 2.26 bits per heavy atom. The largest absolute Gasteiger partial charge is 0.490 e. The molecule has 1 aliphatic rings. The Kier molecular flexibility index (Phi) is 3.61. The second kappa shape index (κ2) is 5.05. The number of nitrogens with one attached hydrogen (secondary N) is 1. The van der Waals surface area contributed by atoms with E-state index in [0.29, 0.717) is 11.4 Å². The van der Waals surface area contributed by atoms with Gasteiger partial charge in [-0.1, -0.05) is 0 Å². The average Bonchev–Trinajstić information content (AvgIpc) is 3.18. The fraction of sp³-hybridized carbons (Fsp3) is 0.417. The van der Waals surface area contributed by atoms with Gasteiger partial charge in [0, 0.05) is 23.6 Å². The van der Waals surface area contributed by atoms with Gasteiger partial charge in [-0.15, -0.1) is 11.6 Å². The van der Waals surface area contributed by atoms with Gasteiger partial charge in [-0.25, -0.2) is 0 Å². The lowest BCUT2D eigenvalue weighted by molar-refractivity contribution is -0.385. The second-order valence-electron chi connectivity index (χ2n) is 4.51. The maximum atomic E-state index is 12.0. The van der Waals surface area contributed by atoms with Crippen LogP contribution in [0.3, 0.4) is 0 Å². The molecule has 102 valence electrons. The molecule has 1 aromatic carbocycles. The smallest absolute Gasteiger partial charge is 0.310 e. The first-order valence-electron chi connectivity index (χ1n) is 5.72. The molecule has 2 rings (SSSR count). The van der Waals surface area contributed by atoms with Gasteiger partial charge in [-0.05, 0) is 18.9 Å². The molecule has 0 unspecified atom stereocenters. The van der Waals surface area contributed by atoms with Gasteiger partial charge in [0.25, 0.3) is 5.91 Å². The number of hydrogen-bond donors (Lipinski definition) is 1. The van der Waals surface area contributed by atoms with Gasteiger partial charge in [0.15, 0.2) is 5.75 Å². The van der Waals surface area contributed by atoms with E-state index in [9.17, 15) is 14.9 Å². The lowest BCUT2D eigenvalue weighted by atomic mass is 10.1. The summed E-state index contributed by atoms with van der Waals surface area (Å²) in [6.45, 7) is 0. The number of halogens is 1. The molecule has 6 nitrogen and oxygen atoms in total. The Morgan fingerprint density at radius 3 is 2.74 bits per heavy atom. The zero-order valence-corrected chi connectivity index (χ0v) is 11.1. The molecule has 19 heavy (non-hydrogen) atoms. The van der Waals surface area contributed by atoms with E-state index in [2.05, 4.69) is 5.32 Å². The van der Waals surface area contributed by atoms with Gasteiger partial charge in [0.2, 0.25) is 0 Å². The van der Waals surface area contributed by atoms with E-state index in [1.807, 2.05) is 0 Å². The van der Waals surface area contributed by atoms with E-state index in [-0.39, 0.29) is 22.9 Å². The van der Waals surface area contributed by atoms with E-state index in [0.717, 1.165) is 12.8 Å². The summed E-state index contributed by atoms with van der Waals surface area (Å²) in [6.07, 6.45) is 1.71. The molecule has 0 bridgehead atoms. The van der Waals surface area contributed by atoms with Crippen molar-refractivity contribution >= 4 is 23.2 Å². The molecule has 0 atom stereocenters. The molecule has 1 N–H and O–H groups in total. The van der Waals surface area contributed by atoms with Crippen molar-refractivity contribution < 1.29 is 14.5 Å². The predicted molar refractivity (Wildman–Crippen MR) is 69.8 cm³/mol. The maximum Gasteiger partial charge on any atom is 0.310 e. The highest BCUT2D eigenvalue weighted by molar-refractivity contribution is 6.19. The number of carbonyl (C=O) groups is 1. The van der Waals surface area contributed by atoms with Crippen LogP contribution in [0.1, 0.15) is 23.2 Å². The monoisotopic (exact) mass is 284 g/mol. The number of hydrogen-bond acceptors (Lipinski definition) is 4. The van der Waals surface area contributed by atoms with E-state index in [1.54, 1.807) is 0 Å². The lowest BCUT2D eigenvalue weighted by Crippen LogP contribution is -2.38. The van der Waals surface area contributed by atoms with Crippen molar-refractivity contribution in [1.82, 2.24) is 5.32 Å². The Balaban J connectivity index is 2.21. The SMILES string of the molecule is COc1cc(C(=O)NC2(CCl)CC2)ccc1[N+](=O)[O-]. The molecular weight excluding hydrogens is 272 g/mol. The van der Waals surface area contributed by atoms with Crippen LogP contribution in [0.15, 0.2) is 18.2 Å². The van der Waals surface area contributed by atoms with Crippen LogP contribution in [-0.4, -0.2) is 29.4 Å². The van der Waals surface area contributed by atoms with Gasteiger partial charge < -0.3 is 10.1 Å². The number of benzene rings is 1. The Morgan fingerprint density at radius 1 is 1.58 bits per heavy atom. The van der Waals surface area contributed by atoms with Crippen LogP contribution >= 0.6 is 11.6 Å². The van der Waals surface area contributed by atoms with Crippen LogP contribution in [0.5, 0.6) is 5.75 Å². The van der Waals surface area contributed by atoms with E-state index >= 15 is 0 Å². The van der Waals surface area contributed by atoms with Crippen LogP contribution in [-0.2, 0) is 0 Å². The Bertz CT molecular complexity index is 528. The number of methoxy groups -OCH3 is 1. The molecule has 0 aliphatic heterocycles. The van der Waals surface area contributed by atoms with Crippen LogP contribution in [0, 0.1) is 10.1 Å². The topological polar surface area (TPSA) is 81.5 Å². The molecule has 1 aliphatic carbocycles. The van der Waals surface area contributed by atoms with Gasteiger partial charge in [0.1, 0.15) is 0 Å². The van der Waals surface area contributed by atoms with Crippen molar-refractivity contribution in [2.75, 3.05) is 13.0 Å². The van der Waals surface area contributed by atoms with Gasteiger partial charge in [-0.3, -0.25) is 14.9 Å². The van der Waals surface area contributed by atoms with Crippen molar-refractivity contribution in [3.05, 3.63) is 33.9 Å². The van der Waals surface area contributed by atoms with Gasteiger partial charge in [-0.2, -0.15) is 0 Å². The highest BCUT2D eigenvalue weighted by Gasteiger charge is 2.43. The van der Waals surface area contributed by atoms with E-state index in [4.69, 9.17) is 16.3 Å². The molecule has 0 aromatic heterocycles. The van der Waals surface area contributed by atoms with Gasteiger partial charge >= 0.3 is 5.69 Å². The molecule has 1 fully saturated rings. The van der Waals surface area contributed by atoms with Crippen LogP contribution in [0.4, 0.5) is 5.69 Å². The summed E-state index contributed by atoms with van der Waals surface area (Å²) in [4.78, 5) is 22.2. The van der Waals surface area contributed by atoms with Crippen molar-refractivity contribution in [1.29, 1.82) is 0 Å². The first-order valence-corrected chi connectivity index (χ1v) is 6.26. The third kappa shape index (κ3) is 2.78. The standard InChI is InChI=1S/C12H13ClN2O4/c1-19-10-6-8(2-3-9(10)15(17)18)11(16)14-12(7-13)4-5-12/h2-3,6H,4-5,7H2,1H3,(H,14,16). The zero-order valence-electron chi connectivity index (χ0n) is 10.3. The lowest BCUT2D eigenvalue weighted by Gasteiger charge is -2.14. The first-order chi connectivity index (χ1) is 9.01. The summed E-state index contributed by atoms with van der Waals surface area (Å²) in [7, 11) is 1.32. The minimum Gasteiger partial charge on any atom is -0.490 e. The number of rotatable bonds is 5. The van der Waals surface area contributed by atoms with Crippen LogP contribution in [0.25, 0.3) is 0 Å². The normalized spacial score (nSPS) is 15.7. The number of alkyl halides is 1. The fourth-order valence-electron chi connectivity index (χ4n) is 1.73. The van der Waals surface area contributed by atoms with Crippen LogP contribution < -0.4 is 10.1 Å². The maximum absolute atomic E-state index is 12.0. The minimum atomic E-state index is -0.554. The Labute approximate surface area is 114 Å². The molecule has 7 heteroatoms. The highest BCUT2D eigenvalue weighted by atomic mass is 35.5. The minimum absolute atomic E-state index is 0.0633. The summed E-state index contributed by atoms with van der Waals surface area (Å²) < 4.78 is 4.92. The van der Waals surface area contributed by atoms with E-state index in [1.165, 1.54) is 25.3 Å². The molecule has 0 radical (unpaired) electrons. The molecule has 0 saturated heterocycles. The zero-order chi connectivity index (χ0) is 14.0. The first kappa shape index (κ1) is 13.6. The number of amides is 1. The summed E-state index contributed by atoms with van der Waals surface area (Å²) in [5.41, 5.74) is -0.162. The molecule has 0 heterocycles. The summed E-state index contributed by atoms with van der Waals surface area (Å²) in [6, 6.07) is 4.02. The average molecular weight is 285 g/mol. The quantitative estimate of drug-likeness (QED) is 0.510. The van der Waals surface area contributed by atoms with Crippen molar-refractivity contribution in [2.24, 2.45) is 0 Å². The van der Waals surface area contributed by atoms with Gasteiger partial charge in [0.05, 0.1) is 17.6 Å². The van der Waals surface area contributed by atoms with Crippen molar-refractivity contribution in [2.45, 2.75) is 18.4 Å². The van der Waals surface area contributed by atoms with E-state index < -0.39 is 4.92 Å². The van der Waals surface area contributed by atoms with Crippen LogP contribution in [0.2, 0.25) is 0 Å². The highest BCUT2D eigenvalue weighted by Crippen LogP contribution is 2.37. The summed E-state index contributed by atoms with van der Waals surface area (Å²) in [5, 5.41) is 13.6. The molecule has 1 aromatic rings. The number of nitro groups is 1. The number of ether oxygens (including phenoxy) is 1. The third-order valence-corrected chi connectivity index (χ3v) is 3.64. The summed E-state index contributed by atoms with van der Waals surface area (Å²) in [5.74, 6) is 0.128. The third-order valence-electron chi connectivity index (χ3n) is 3.13. The predicted octanol–water partition coefficient (Wildman–Crippen LogP) is 2.10. The van der Waals surface area contributed by atoms with Crippen molar-refractivity contribution in [3.63, 3.8) is 0 Å². The number of nitro benzene ring substituents is 1. The number of carbonyl (C=O) groups excluding carboxylic acids is 1. The number of nitrogens with zero attached hydrogens (tertiary/aromatic N) is 1. The summed E-state index contributed by atoms with van der Waals surface area (Å²) >= 11 is 5.78. The molecular formula is C12H13ClN2O4. The molecule has 1 saturated carbocycles. The molecule has 1 amide bonds. The molecule has 0 spiro atoms. The van der Waals surface area contributed by atoms with Crippen molar-refractivity contribution in [3.8, 4) is 5.75 Å². The fourth-order valence-corrected chi connectivity index (χ4v) is 2.06.